The molecule has 1 atom stereocenters. The average Bonchev–Trinajstić information content (AvgIpc) is 1.88. The van der Waals surface area contributed by atoms with E-state index in [0.717, 1.165) is 19.7 Å². The molecule has 0 saturated carbocycles. The van der Waals surface area contributed by atoms with Gasteiger partial charge >= 0.3 is 0 Å². The summed E-state index contributed by atoms with van der Waals surface area (Å²) in [6, 6.07) is 0. The lowest BCUT2D eigenvalue weighted by molar-refractivity contribution is 0.0136. The molecule has 54 valence electrons. The third-order valence-corrected chi connectivity index (χ3v) is 2.31. The molecule has 1 aliphatic heterocycles. The van der Waals surface area contributed by atoms with Crippen molar-refractivity contribution in [1.29, 1.82) is 0 Å². The third kappa shape index (κ3) is 2.16. The average molecular weight is 147 g/mol. The van der Waals surface area contributed by atoms with Gasteiger partial charge in [-0.3, -0.25) is 0 Å². The van der Waals surface area contributed by atoms with Gasteiger partial charge in [-0.25, -0.2) is 4.31 Å². The van der Waals surface area contributed by atoms with E-state index in [1.807, 2.05) is 0 Å². The van der Waals surface area contributed by atoms with Crippen LogP contribution in [0.5, 0.6) is 0 Å². The third-order valence-electron chi connectivity index (χ3n) is 1.46. The number of hydrogen-bond acceptors (Lipinski definition) is 3. The highest BCUT2D eigenvalue weighted by Gasteiger charge is 2.14. The standard InChI is InChI=1S/C6H13NOS/c1-6-5-7(9-2)3-4-8-6/h6H,3-5H2,1-2H3. The fourth-order valence-corrected chi connectivity index (χ4v) is 1.57. The van der Waals surface area contributed by atoms with Crippen LogP contribution in [0.3, 0.4) is 0 Å². The topological polar surface area (TPSA) is 12.5 Å². The van der Waals surface area contributed by atoms with Gasteiger partial charge in [0.1, 0.15) is 0 Å². The Morgan fingerprint density at radius 2 is 2.44 bits per heavy atom. The second kappa shape index (κ2) is 3.44. The van der Waals surface area contributed by atoms with Crippen molar-refractivity contribution < 1.29 is 4.74 Å². The summed E-state index contributed by atoms with van der Waals surface area (Å²) in [4.78, 5) is 0. The van der Waals surface area contributed by atoms with Gasteiger partial charge in [-0.05, 0) is 13.2 Å². The Kier molecular flexibility index (Phi) is 2.82. The number of nitrogens with zero attached hydrogens (tertiary/aromatic N) is 1. The largest absolute Gasteiger partial charge is 0.376 e. The summed E-state index contributed by atoms with van der Waals surface area (Å²) < 4.78 is 7.68. The maximum Gasteiger partial charge on any atom is 0.0683 e. The minimum absolute atomic E-state index is 0.422. The van der Waals surface area contributed by atoms with E-state index in [0.29, 0.717) is 6.10 Å². The van der Waals surface area contributed by atoms with Crippen molar-refractivity contribution in [2.45, 2.75) is 13.0 Å². The van der Waals surface area contributed by atoms with Crippen molar-refractivity contribution in [2.75, 3.05) is 26.0 Å². The zero-order valence-corrected chi connectivity index (χ0v) is 6.78. The van der Waals surface area contributed by atoms with Crippen molar-refractivity contribution in [2.24, 2.45) is 0 Å². The van der Waals surface area contributed by atoms with Crippen molar-refractivity contribution in [3.8, 4) is 0 Å². The van der Waals surface area contributed by atoms with Crippen LogP contribution in [-0.2, 0) is 4.74 Å². The zero-order chi connectivity index (χ0) is 6.69. The van der Waals surface area contributed by atoms with Crippen LogP contribution in [0, 0.1) is 0 Å². The van der Waals surface area contributed by atoms with Crippen molar-refractivity contribution >= 4 is 11.9 Å². The van der Waals surface area contributed by atoms with Gasteiger partial charge in [0.15, 0.2) is 0 Å². The van der Waals surface area contributed by atoms with Crippen LogP contribution in [0.1, 0.15) is 6.92 Å². The first-order valence-electron chi connectivity index (χ1n) is 3.23. The first-order chi connectivity index (χ1) is 4.33. The first-order valence-corrected chi connectivity index (χ1v) is 4.41. The van der Waals surface area contributed by atoms with Crippen LogP contribution in [0.15, 0.2) is 0 Å². The van der Waals surface area contributed by atoms with E-state index >= 15 is 0 Å². The maximum absolute atomic E-state index is 5.35. The smallest absolute Gasteiger partial charge is 0.0683 e. The number of rotatable bonds is 1. The molecule has 0 aromatic heterocycles. The Hall–Kier alpha value is 0.270. The van der Waals surface area contributed by atoms with Gasteiger partial charge in [0.25, 0.3) is 0 Å². The Labute approximate surface area is 60.7 Å². The molecule has 2 nitrogen and oxygen atoms in total. The number of ether oxygens (including phenoxy) is 1. The van der Waals surface area contributed by atoms with E-state index in [1.165, 1.54) is 0 Å². The molecule has 0 aromatic rings. The van der Waals surface area contributed by atoms with Crippen LogP contribution < -0.4 is 0 Å². The molecule has 1 aliphatic rings. The van der Waals surface area contributed by atoms with Gasteiger partial charge in [0.05, 0.1) is 12.7 Å². The fraction of sp³-hybridized carbons (Fsp3) is 1.00. The van der Waals surface area contributed by atoms with Crippen LogP contribution in [-0.4, -0.2) is 36.4 Å². The quantitative estimate of drug-likeness (QED) is 0.513. The SMILES string of the molecule is CSN1CCOC(C)C1. The van der Waals surface area contributed by atoms with Crippen LogP contribution in [0.4, 0.5) is 0 Å². The summed E-state index contributed by atoms with van der Waals surface area (Å²) in [5.74, 6) is 0. The molecule has 0 bridgehead atoms. The van der Waals surface area contributed by atoms with Crippen LogP contribution >= 0.6 is 11.9 Å². The van der Waals surface area contributed by atoms with Gasteiger partial charge in [-0.15, -0.1) is 0 Å². The van der Waals surface area contributed by atoms with Crippen LogP contribution in [0.2, 0.25) is 0 Å². The molecule has 0 N–H and O–H groups in total. The molecule has 3 heteroatoms. The van der Waals surface area contributed by atoms with E-state index in [1.54, 1.807) is 11.9 Å². The van der Waals surface area contributed by atoms with E-state index < -0.39 is 0 Å². The van der Waals surface area contributed by atoms with Crippen molar-refractivity contribution in [1.82, 2.24) is 4.31 Å². The van der Waals surface area contributed by atoms with E-state index in [9.17, 15) is 0 Å². The summed E-state index contributed by atoms with van der Waals surface area (Å²) >= 11 is 1.80. The predicted octanol–water partition coefficient (Wildman–Crippen LogP) is 0.985. The Morgan fingerprint density at radius 3 is 2.89 bits per heavy atom. The Morgan fingerprint density at radius 1 is 1.67 bits per heavy atom. The minimum atomic E-state index is 0.422. The molecule has 1 fully saturated rings. The van der Waals surface area contributed by atoms with Crippen molar-refractivity contribution in [3.05, 3.63) is 0 Å². The molecule has 1 heterocycles. The second-order valence-electron chi connectivity index (χ2n) is 2.25. The highest BCUT2D eigenvalue weighted by atomic mass is 32.2. The molecule has 0 radical (unpaired) electrons. The highest BCUT2D eigenvalue weighted by molar-refractivity contribution is 7.96. The second-order valence-corrected chi connectivity index (χ2v) is 3.13. The van der Waals surface area contributed by atoms with Gasteiger partial charge < -0.3 is 4.74 Å². The molecule has 0 aromatic carbocycles. The monoisotopic (exact) mass is 147 g/mol. The van der Waals surface area contributed by atoms with Crippen molar-refractivity contribution in [3.63, 3.8) is 0 Å². The molecular weight excluding hydrogens is 134 g/mol. The normalized spacial score (nSPS) is 30.7. The molecule has 0 spiro atoms. The molecular formula is C6H13NOS. The Balaban J connectivity index is 2.23. The molecule has 1 rings (SSSR count). The minimum Gasteiger partial charge on any atom is -0.376 e. The number of morpholine rings is 1. The van der Waals surface area contributed by atoms with Gasteiger partial charge in [0.2, 0.25) is 0 Å². The highest BCUT2D eigenvalue weighted by Crippen LogP contribution is 2.11. The molecule has 9 heavy (non-hydrogen) atoms. The maximum atomic E-state index is 5.35. The number of hydrogen-bond donors (Lipinski definition) is 0. The molecule has 0 amide bonds. The lowest BCUT2D eigenvalue weighted by atomic mass is 10.3. The fourth-order valence-electron chi connectivity index (χ4n) is 0.952. The van der Waals surface area contributed by atoms with Crippen LogP contribution in [0.25, 0.3) is 0 Å². The van der Waals surface area contributed by atoms with E-state index in [2.05, 4.69) is 17.5 Å². The predicted molar refractivity (Wildman–Crippen MR) is 40.5 cm³/mol. The summed E-state index contributed by atoms with van der Waals surface area (Å²) in [6.45, 7) is 5.15. The zero-order valence-electron chi connectivity index (χ0n) is 5.96. The summed E-state index contributed by atoms with van der Waals surface area (Å²) in [5, 5.41) is 0. The summed E-state index contributed by atoms with van der Waals surface area (Å²) in [7, 11) is 0. The molecule has 0 aliphatic carbocycles. The van der Waals surface area contributed by atoms with Gasteiger partial charge in [-0.1, -0.05) is 11.9 Å². The summed E-state index contributed by atoms with van der Waals surface area (Å²) in [6.07, 6.45) is 2.53. The lowest BCUT2D eigenvalue weighted by Gasteiger charge is -2.28. The Bertz CT molecular complexity index is 89.1. The first kappa shape index (κ1) is 7.38. The lowest BCUT2D eigenvalue weighted by Crippen LogP contribution is -2.36. The van der Waals surface area contributed by atoms with E-state index in [-0.39, 0.29) is 0 Å². The van der Waals surface area contributed by atoms with Gasteiger partial charge in [-0.2, -0.15) is 0 Å². The van der Waals surface area contributed by atoms with E-state index in [4.69, 9.17) is 4.74 Å². The molecule has 1 saturated heterocycles. The summed E-state index contributed by atoms with van der Waals surface area (Å²) in [5.41, 5.74) is 0. The molecule has 1 unspecified atom stereocenters. The van der Waals surface area contributed by atoms with Gasteiger partial charge in [0, 0.05) is 13.1 Å².